The molecule has 0 atom stereocenters. The molecule has 13 heavy (non-hydrogen) atoms. The number of esters is 1. The van der Waals surface area contributed by atoms with Gasteiger partial charge in [-0.3, -0.25) is 4.79 Å². The van der Waals surface area contributed by atoms with Crippen LogP contribution in [0.2, 0.25) is 0 Å². The highest BCUT2D eigenvalue weighted by molar-refractivity contribution is 7.97. The highest BCUT2D eigenvalue weighted by Gasteiger charge is 2.05. The van der Waals surface area contributed by atoms with E-state index in [1.807, 2.05) is 0 Å². The number of carbonyl (C=O) groups is 2. The first kappa shape index (κ1) is 9.80. The summed E-state index contributed by atoms with van der Waals surface area (Å²) in [7, 11) is 1.31. The van der Waals surface area contributed by atoms with Crippen molar-refractivity contribution in [1.29, 1.82) is 0 Å². The number of hydrogen-bond donors (Lipinski definition) is 1. The normalized spacial score (nSPS) is 9.38. The van der Waals surface area contributed by atoms with Crippen LogP contribution < -0.4 is 0 Å². The summed E-state index contributed by atoms with van der Waals surface area (Å²) >= 11 is 3.64. The molecule has 1 aromatic rings. The van der Waals surface area contributed by atoms with Crippen LogP contribution in [-0.2, 0) is 4.74 Å². The van der Waals surface area contributed by atoms with Gasteiger partial charge in [-0.05, 0) is 24.3 Å². The van der Waals surface area contributed by atoms with Gasteiger partial charge in [0.1, 0.15) is 0 Å². The lowest BCUT2D eigenvalue weighted by molar-refractivity contribution is 0.0600. The van der Waals surface area contributed by atoms with Gasteiger partial charge in [0.2, 0.25) is 5.12 Å². The van der Waals surface area contributed by atoms with E-state index in [4.69, 9.17) is 0 Å². The van der Waals surface area contributed by atoms with Crippen LogP contribution in [0.3, 0.4) is 0 Å². The van der Waals surface area contributed by atoms with Crippen molar-refractivity contribution in [3.8, 4) is 0 Å². The maximum absolute atomic E-state index is 11.0. The number of methoxy groups -OCH3 is 1. The van der Waals surface area contributed by atoms with Crippen molar-refractivity contribution in [3.05, 3.63) is 35.4 Å². The fourth-order valence-electron chi connectivity index (χ4n) is 0.867. The lowest BCUT2D eigenvalue weighted by Gasteiger charge is -1.98. The molecule has 0 N–H and O–H groups in total. The molecular weight excluding hydrogens is 188 g/mol. The molecular formula is C9H8O3S. The fourth-order valence-corrected chi connectivity index (χ4v) is 1.02. The Morgan fingerprint density at radius 1 is 1.15 bits per heavy atom. The molecule has 0 fully saturated rings. The standard InChI is InChI=1S/C9H8O3S/c1-12-8(10)6-2-4-7(5-3-6)9(11)13/h2-5H,1H3,(H,11,13). The van der Waals surface area contributed by atoms with E-state index in [1.165, 1.54) is 31.4 Å². The van der Waals surface area contributed by atoms with Gasteiger partial charge < -0.3 is 4.74 Å². The van der Waals surface area contributed by atoms with Crippen LogP contribution in [-0.4, -0.2) is 18.2 Å². The lowest BCUT2D eigenvalue weighted by atomic mass is 10.1. The second-order valence-electron chi connectivity index (χ2n) is 2.37. The van der Waals surface area contributed by atoms with Crippen molar-refractivity contribution in [2.24, 2.45) is 0 Å². The number of carbonyl (C=O) groups excluding carboxylic acids is 2. The molecule has 0 spiro atoms. The third-order valence-corrected chi connectivity index (χ3v) is 1.81. The molecule has 0 heterocycles. The zero-order valence-electron chi connectivity index (χ0n) is 6.98. The summed E-state index contributed by atoms with van der Waals surface area (Å²) < 4.78 is 4.49. The smallest absolute Gasteiger partial charge is 0.337 e. The predicted molar refractivity (Wildman–Crippen MR) is 51.1 cm³/mol. The highest BCUT2D eigenvalue weighted by atomic mass is 32.1. The van der Waals surface area contributed by atoms with Gasteiger partial charge in [-0.25, -0.2) is 4.79 Å². The van der Waals surface area contributed by atoms with Gasteiger partial charge >= 0.3 is 5.97 Å². The average Bonchev–Trinajstić information content (AvgIpc) is 2.17. The fraction of sp³-hybridized carbons (Fsp3) is 0.111. The van der Waals surface area contributed by atoms with Gasteiger partial charge in [0.05, 0.1) is 12.7 Å². The van der Waals surface area contributed by atoms with E-state index < -0.39 is 5.97 Å². The molecule has 0 aromatic heterocycles. The molecule has 0 aliphatic heterocycles. The zero-order valence-corrected chi connectivity index (χ0v) is 7.88. The Hall–Kier alpha value is -1.29. The quantitative estimate of drug-likeness (QED) is 0.576. The topological polar surface area (TPSA) is 43.4 Å². The number of hydrogen-bond acceptors (Lipinski definition) is 3. The van der Waals surface area contributed by atoms with E-state index in [2.05, 4.69) is 17.4 Å². The molecule has 1 aromatic carbocycles. The third kappa shape index (κ3) is 2.32. The maximum atomic E-state index is 11.0. The van der Waals surface area contributed by atoms with E-state index >= 15 is 0 Å². The lowest BCUT2D eigenvalue weighted by Crippen LogP contribution is -2.01. The van der Waals surface area contributed by atoms with Gasteiger partial charge in [0, 0.05) is 5.56 Å². The molecule has 0 saturated carbocycles. The van der Waals surface area contributed by atoms with Gasteiger partial charge in [0.25, 0.3) is 0 Å². The number of rotatable bonds is 2. The molecule has 3 nitrogen and oxygen atoms in total. The number of benzene rings is 1. The Morgan fingerprint density at radius 2 is 1.62 bits per heavy atom. The summed E-state index contributed by atoms with van der Waals surface area (Å²) in [5.74, 6) is -0.418. The van der Waals surface area contributed by atoms with E-state index in [9.17, 15) is 9.59 Å². The van der Waals surface area contributed by atoms with Crippen LogP contribution in [0.1, 0.15) is 20.7 Å². The molecule has 0 bridgehead atoms. The number of thiol groups is 1. The first-order chi connectivity index (χ1) is 6.15. The predicted octanol–water partition coefficient (Wildman–Crippen LogP) is 1.54. The van der Waals surface area contributed by atoms with E-state index in [1.54, 1.807) is 0 Å². The molecule has 0 unspecified atom stereocenters. The molecule has 0 saturated heterocycles. The van der Waals surface area contributed by atoms with E-state index in [0.717, 1.165) is 0 Å². The Kier molecular flexibility index (Phi) is 3.08. The third-order valence-electron chi connectivity index (χ3n) is 1.55. The monoisotopic (exact) mass is 196 g/mol. The zero-order chi connectivity index (χ0) is 9.84. The van der Waals surface area contributed by atoms with Crippen LogP contribution in [0.5, 0.6) is 0 Å². The molecule has 0 amide bonds. The summed E-state index contributed by atoms with van der Waals surface area (Å²) in [6.45, 7) is 0. The molecule has 68 valence electrons. The van der Waals surface area contributed by atoms with Crippen molar-refractivity contribution in [2.45, 2.75) is 0 Å². The largest absolute Gasteiger partial charge is 0.465 e. The van der Waals surface area contributed by atoms with Crippen molar-refractivity contribution in [2.75, 3.05) is 7.11 Å². The van der Waals surface area contributed by atoms with Crippen LogP contribution in [0.15, 0.2) is 24.3 Å². The van der Waals surface area contributed by atoms with Crippen molar-refractivity contribution < 1.29 is 14.3 Å². The van der Waals surface area contributed by atoms with Gasteiger partial charge in [0.15, 0.2) is 0 Å². The second kappa shape index (κ2) is 4.09. The molecule has 4 heteroatoms. The van der Waals surface area contributed by atoms with Crippen LogP contribution in [0.25, 0.3) is 0 Å². The van der Waals surface area contributed by atoms with Gasteiger partial charge in [-0.15, -0.1) is 12.6 Å². The second-order valence-corrected chi connectivity index (χ2v) is 2.78. The van der Waals surface area contributed by atoms with Crippen molar-refractivity contribution >= 4 is 23.7 Å². The van der Waals surface area contributed by atoms with Crippen LogP contribution in [0, 0.1) is 0 Å². The maximum Gasteiger partial charge on any atom is 0.337 e. The summed E-state index contributed by atoms with van der Waals surface area (Å²) in [6.07, 6.45) is 0. The minimum Gasteiger partial charge on any atom is -0.465 e. The molecule has 0 aliphatic carbocycles. The van der Waals surface area contributed by atoms with Gasteiger partial charge in [-0.1, -0.05) is 0 Å². The minimum absolute atomic E-state index is 0.323. The Labute approximate surface area is 81.1 Å². The Morgan fingerprint density at radius 3 is 2.00 bits per heavy atom. The number of ether oxygens (including phenoxy) is 1. The Bertz CT molecular complexity index is 329. The van der Waals surface area contributed by atoms with E-state index in [0.29, 0.717) is 11.1 Å². The molecule has 0 radical (unpaired) electrons. The van der Waals surface area contributed by atoms with Gasteiger partial charge in [-0.2, -0.15) is 0 Å². The van der Waals surface area contributed by atoms with E-state index in [-0.39, 0.29) is 5.12 Å². The molecule has 1 rings (SSSR count). The first-order valence-corrected chi connectivity index (χ1v) is 4.01. The Balaban J connectivity index is 2.93. The van der Waals surface area contributed by atoms with Crippen LogP contribution in [0.4, 0.5) is 0 Å². The minimum atomic E-state index is -0.418. The summed E-state index contributed by atoms with van der Waals surface area (Å²) in [5, 5.41) is -0.323. The molecule has 0 aliphatic rings. The van der Waals surface area contributed by atoms with Crippen LogP contribution >= 0.6 is 12.6 Å². The van der Waals surface area contributed by atoms with Crippen molar-refractivity contribution in [3.63, 3.8) is 0 Å². The SMILES string of the molecule is COC(=O)c1ccc(C(=O)S)cc1. The summed E-state index contributed by atoms with van der Waals surface area (Å²) in [5.41, 5.74) is 0.872. The average molecular weight is 196 g/mol. The first-order valence-electron chi connectivity index (χ1n) is 3.57. The summed E-state index contributed by atoms with van der Waals surface area (Å²) in [6, 6.07) is 6.10. The highest BCUT2D eigenvalue weighted by Crippen LogP contribution is 2.07. The van der Waals surface area contributed by atoms with Crippen molar-refractivity contribution in [1.82, 2.24) is 0 Å². The summed E-state index contributed by atoms with van der Waals surface area (Å²) in [4.78, 5) is 21.7.